The van der Waals surface area contributed by atoms with Gasteiger partial charge in [-0.05, 0) is 91.3 Å². The molecule has 3 aromatic carbocycles. The summed E-state index contributed by atoms with van der Waals surface area (Å²) in [6.07, 6.45) is 9.36. The lowest BCUT2D eigenvalue weighted by Crippen LogP contribution is -2.24. The van der Waals surface area contributed by atoms with E-state index in [2.05, 4.69) is 11.1 Å². The second-order valence-corrected chi connectivity index (χ2v) is 14.1. The van der Waals surface area contributed by atoms with Gasteiger partial charge in [0.2, 0.25) is 0 Å². The van der Waals surface area contributed by atoms with Crippen molar-refractivity contribution in [3.63, 3.8) is 0 Å². The Bertz CT molecular complexity index is 2170. The molecule has 0 spiro atoms. The van der Waals surface area contributed by atoms with Crippen LogP contribution in [-0.2, 0) is 14.3 Å². The van der Waals surface area contributed by atoms with Crippen molar-refractivity contribution >= 4 is 56.5 Å². The summed E-state index contributed by atoms with van der Waals surface area (Å²) >= 11 is 5.14. The molecule has 0 radical (unpaired) electrons. The number of ether oxygens (including phenoxy) is 2. The minimum absolute atomic E-state index is 0.163. The molecule has 0 amide bonds. The van der Waals surface area contributed by atoms with Gasteiger partial charge in [0.15, 0.2) is 0 Å². The van der Waals surface area contributed by atoms with Crippen molar-refractivity contribution in [1.82, 2.24) is 9.55 Å². The zero-order valence-corrected chi connectivity index (χ0v) is 30.8. The van der Waals surface area contributed by atoms with E-state index in [0.717, 1.165) is 22.0 Å². The summed E-state index contributed by atoms with van der Waals surface area (Å²) in [5.74, 6) is -0.850. The minimum atomic E-state index is -0.601. The van der Waals surface area contributed by atoms with E-state index in [1.807, 2.05) is 115 Å². The zero-order chi connectivity index (χ0) is 37.5. The standard InChI is InChI=1S/C21H21NO3.C14H17NO2.C7H4ClO/c1-14-18(20(24)25-21(2,3)4)16-12-8-9-13-17(16)22(14)19(23)15-10-6-5-7-11-15;1-9-12(13(16)17-14(2,3)4)10-7-5-6-8-11(10)15-9;8-7(9)6-4-2-1-3-5-6/h5-13H,1-4H3;5-8,15H,1-4H3;1-2,4-5H/q;;+1. The van der Waals surface area contributed by atoms with Crippen LogP contribution in [0.1, 0.15) is 84.0 Å². The number of benzene rings is 3. The number of fused-ring (bicyclic) bond motifs is 2. The Morgan fingerprint density at radius 1 is 0.725 bits per heavy atom. The third-order valence-electron chi connectivity index (χ3n) is 7.37. The van der Waals surface area contributed by atoms with E-state index in [1.54, 1.807) is 47.9 Å². The zero-order valence-electron chi connectivity index (χ0n) is 30.1. The maximum atomic E-state index is 13.0. The summed E-state index contributed by atoms with van der Waals surface area (Å²) in [4.78, 5) is 51.4. The third kappa shape index (κ3) is 9.79. The van der Waals surface area contributed by atoms with Crippen molar-refractivity contribution in [3.05, 3.63) is 143 Å². The number of nitrogens with one attached hydrogen (secondary N) is 1. The van der Waals surface area contributed by atoms with Crippen molar-refractivity contribution < 1.29 is 28.7 Å². The summed E-state index contributed by atoms with van der Waals surface area (Å²) in [5, 5.41) is 1.20. The first-order valence-electron chi connectivity index (χ1n) is 16.4. The first-order chi connectivity index (χ1) is 24.0. The highest BCUT2D eigenvalue weighted by molar-refractivity contribution is 6.68. The lowest BCUT2D eigenvalue weighted by molar-refractivity contribution is -0.108. The number of aryl methyl sites for hydroxylation is 1. The lowest BCUT2D eigenvalue weighted by atomic mass is 10.1. The topological polar surface area (TPSA) is 107 Å². The summed E-state index contributed by atoms with van der Waals surface area (Å²) in [5.41, 5.74) is 4.16. The van der Waals surface area contributed by atoms with Crippen molar-refractivity contribution in [2.75, 3.05) is 0 Å². The van der Waals surface area contributed by atoms with Crippen LogP contribution in [0.5, 0.6) is 0 Å². The van der Waals surface area contributed by atoms with Gasteiger partial charge >= 0.3 is 17.2 Å². The maximum Gasteiger partial charge on any atom is 0.341 e. The molecular formula is C42H42ClN2O6+. The number of carbonyl (C=O) groups is 4. The number of para-hydroxylation sites is 2. The lowest BCUT2D eigenvalue weighted by Gasteiger charge is -2.19. The molecule has 0 aliphatic heterocycles. The summed E-state index contributed by atoms with van der Waals surface area (Å²) < 4.78 is 12.5. The van der Waals surface area contributed by atoms with Crippen LogP contribution in [-0.4, -0.2) is 43.8 Å². The van der Waals surface area contributed by atoms with Gasteiger partial charge in [0.25, 0.3) is 5.91 Å². The quantitative estimate of drug-likeness (QED) is 0.113. The van der Waals surface area contributed by atoms with E-state index in [1.165, 1.54) is 0 Å². The van der Waals surface area contributed by atoms with Gasteiger partial charge < -0.3 is 14.5 Å². The molecule has 262 valence electrons. The molecule has 0 atom stereocenters. The molecule has 6 rings (SSSR count). The van der Waals surface area contributed by atoms with Crippen LogP contribution in [0.15, 0.2) is 109 Å². The Balaban J connectivity index is 0.000000192. The summed E-state index contributed by atoms with van der Waals surface area (Å²) in [6.45, 7) is 14.8. The number of H-pyrrole nitrogens is 1. The number of nitrogens with zero attached hydrogens (tertiary/aromatic N) is 1. The van der Waals surface area contributed by atoms with Crippen LogP contribution in [0, 0.1) is 19.9 Å². The van der Waals surface area contributed by atoms with Gasteiger partial charge in [-0.15, -0.1) is 0 Å². The van der Waals surface area contributed by atoms with E-state index < -0.39 is 22.4 Å². The number of aromatic nitrogens is 2. The highest BCUT2D eigenvalue weighted by atomic mass is 35.5. The fourth-order valence-electron chi connectivity index (χ4n) is 5.31. The molecule has 0 unspecified atom stereocenters. The van der Waals surface area contributed by atoms with E-state index in [0.29, 0.717) is 33.5 Å². The van der Waals surface area contributed by atoms with E-state index in [-0.39, 0.29) is 11.9 Å². The number of hydrogen-bond donors (Lipinski definition) is 1. The van der Waals surface area contributed by atoms with Crippen molar-refractivity contribution in [2.45, 2.75) is 66.6 Å². The minimum Gasteiger partial charge on any atom is -0.456 e. The van der Waals surface area contributed by atoms with Gasteiger partial charge in [0.05, 0.1) is 22.7 Å². The van der Waals surface area contributed by atoms with Gasteiger partial charge in [-0.1, -0.05) is 54.6 Å². The number of hydrogen-bond acceptors (Lipinski definition) is 6. The Kier molecular flexibility index (Phi) is 12.0. The number of rotatable bonds is 4. The first kappa shape index (κ1) is 38.2. The molecule has 2 aromatic heterocycles. The average Bonchev–Trinajstić information content (AvgIpc) is 3.56. The van der Waals surface area contributed by atoms with Gasteiger partial charge in [-0.2, -0.15) is 0 Å². The maximum absolute atomic E-state index is 13.0. The Labute approximate surface area is 303 Å². The molecule has 1 N–H and O–H groups in total. The fraction of sp³-hybridized carbons (Fsp3) is 0.238. The van der Waals surface area contributed by atoms with Crippen LogP contribution in [0.25, 0.3) is 21.8 Å². The largest absolute Gasteiger partial charge is 0.456 e. The average molecular weight is 706 g/mol. The van der Waals surface area contributed by atoms with Crippen molar-refractivity contribution in [3.8, 4) is 0 Å². The van der Waals surface area contributed by atoms with Crippen LogP contribution in [0.2, 0.25) is 0 Å². The molecule has 0 fully saturated rings. The molecule has 2 heterocycles. The number of esters is 2. The SMILES string of the molecule is Cc1[nH]c2ccccc2c1C(=O)OC(C)(C)C.Cc1c(C(=O)OC(C)(C)C)c2ccccc2n1C(=O)c1ccccc1.O=C(Cl)C1=CC=C[C+]=C1. The second-order valence-electron chi connectivity index (χ2n) is 13.7. The monoisotopic (exact) mass is 705 g/mol. The Hall–Kier alpha value is -5.56. The molecule has 0 saturated heterocycles. The third-order valence-corrected chi connectivity index (χ3v) is 7.59. The van der Waals surface area contributed by atoms with E-state index in [4.69, 9.17) is 21.1 Å². The molecule has 1 aliphatic rings. The Morgan fingerprint density at radius 2 is 1.27 bits per heavy atom. The van der Waals surface area contributed by atoms with E-state index >= 15 is 0 Å². The smallest absolute Gasteiger partial charge is 0.341 e. The molecule has 1 aliphatic carbocycles. The summed E-state index contributed by atoms with van der Waals surface area (Å²) in [7, 11) is 0. The van der Waals surface area contributed by atoms with Crippen molar-refractivity contribution in [2.24, 2.45) is 0 Å². The number of allylic oxidation sites excluding steroid dienone is 6. The van der Waals surface area contributed by atoms with Crippen LogP contribution < -0.4 is 0 Å². The van der Waals surface area contributed by atoms with Gasteiger partial charge in [-0.3, -0.25) is 14.2 Å². The normalized spacial score (nSPS) is 12.1. The molecule has 8 nitrogen and oxygen atoms in total. The molecular weight excluding hydrogens is 664 g/mol. The number of aromatic amines is 1. The number of halogens is 1. The molecule has 5 aromatic rings. The molecule has 0 saturated carbocycles. The van der Waals surface area contributed by atoms with Crippen LogP contribution in [0.4, 0.5) is 0 Å². The predicted octanol–water partition coefficient (Wildman–Crippen LogP) is 9.63. The second kappa shape index (κ2) is 16.0. The van der Waals surface area contributed by atoms with Crippen LogP contribution >= 0.6 is 11.6 Å². The number of carbonyl (C=O) groups excluding carboxylic acids is 4. The van der Waals surface area contributed by atoms with Gasteiger partial charge in [0, 0.05) is 45.4 Å². The molecule has 9 heteroatoms. The predicted molar refractivity (Wildman–Crippen MR) is 202 cm³/mol. The highest BCUT2D eigenvalue weighted by Crippen LogP contribution is 2.29. The van der Waals surface area contributed by atoms with E-state index in [9.17, 15) is 19.2 Å². The summed E-state index contributed by atoms with van der Waals surface area (Å²) in [6, 6.07) is 24.2. The van der Waals surface area contributed by atoms with Gasteiger partial charge in [-0.25, -0.2) is 9.59 Å². The van der Waals surface area contributed by atoms with Crippen LogP contribution in [0.3, 0.4) is 0 Å². The Morgan fingerprint density at radius 3 is 1.82 bits per heavy atom. The van der Waals surface area contributed by atoms with Gasteiger partial charge in [0.1, 0.15) is 28.9 Å². The van der Waals surface area contributed by atoms with Crippen molar-refractivity contribution in [1.29, 1.82) is 0 Å². The molecule has 0 bridgehead atoms. The molecule has 51 heavy (non-hydrogen) atoms. The fourth-order valence-corrected chi connectivity index (χ4v) is 5.43. The first-order valence-corrected chi connectivity index (χ1v) is 16.8. The highest BCUT2D eigenvalue weighted by Gasteiger charge is 2.27.